The quantitative estimate of drug-likeness (QED) is 0.307. The minimum atomic E-state index is -0.450. The van der Waals surface area contributed by atoms with E-state index in [4.69, 9.17) is 4.98 Å². The molecule has 0 amide bonds. The number of hydrogen-bond acceptors (Lipinski definition) is 6. The van der Waals surface area contributed by atoms with Crippen LogP contribution in [0.2, 0.25) is 0 Å². The Labute approximate surface area is 203 Å². The van der Waals surface area contributed by atoms with Crippen LogP contribution in [0.3, 0.4) is 0 Å². The van der Waals surface area contributed by atoms with Crippen molar-refractivity contribution in [1.29, 1.82) is 0 Å². The number of anilines is 2. The first-order valence-electron chi connectivity index (χ1n) is 11.5. The first-order valence-corrected chi connectivity index (χ1v) is 11.5. The van der Waals surface area contributed by atoms with Gasteiger partial charge in [0.1, 0.15) is 23.0 Å². The highest BCUT2D eigenvalue weighted by molar-refractivity contribution is 5.94. The normalized spacial score (nSPS) is 11.7. The minimum absolute atomic E-state index is 0.00666. The molecule has 2 aromatic carbocycles. The van der Waals surface area contributed by atoms with Crippen LogP contribution < -0.4 is 10.6 Å². The summed E-state index contributed by atoms with van der Waals surface area (Å²) >= 11 is 0. The second-order valence-corrected chi connectivity index (χ2v) is 9.02. The summed E-state index contributed by atoms with van der Waals surface area (Å²) in [5, 5.41) is 18.2. The number of hydrogen-bond donors (Lipinski definition) is 3. The van der Waals surface area contributed by atoms with Gasteiger partial charge < -0.3 is 25.2 Å². The topological polar surface area (TPSA) is 78.2 Å². The third-order valence-corrected chi connectivity index (χ3v) is 5.76. The third-order valence-electron chi connectivity index (χ3n) is 5.76. The number of halogens is 2. The number of nitrogens with one attached hydrogen (secondary N) is 2. The van der Waals surface area contributed by atoms with E-state index in [0.29, 0.717) is 29.2 Å². The second kappa shape index (κ2) is 10.3. The van der Waals surface area contributed by atoms with Crippen molar-refractivity contribution in [1.82, 2.24) is 19.4 Å². The van der Waals surface area contributed by atoms with E-state index in [2.05, 4.69) is 15.6 Å². The lowest BCUT2D eigenvalue weighted by atomic mass is 9.98. The van der Waals surface area contributed by atoms with Gasteiger partial charge in [-0.2, -0.15) is 4.98 Å². The van der Waals surface area contributed by atoms with E-state index in [9.17, 15) is 13.9 Å². The van der Waals surface area contributed by atoms with Gasteiger partial charge in [-0.3, -0.25) is 0 Å². The van der Waals surface area contributed by atoms with E-state index < -0.39 is 6.04 Å². The Morgan fingerprint density at radius 3 is 2.03 bits per heavy atom. The Balaban J connectivity index is 1.81. The highest BCUT2D eigenvalue weighted by Crippen LogP contribution is 2.36. The summed E-state index contributed by atoms with van der Waals surface area (Å²) in [6.07, 6.45) is 1.81. The predicted molar refractivity (Wildman–Crippen MR) is 135 cm³/mol. The minimum Gasteiger partial charge on any atom is -0.493 e. The number of rotatable bonds is 9. The molecule has 0 saturated carbocycles. The molecule has 9 heteroatoms. The molecule has 3 N–H and O–H groups in total. The zero-order chi connectivity index (χ0) is 25.1. The Morgan fingerprint density at radius 2 is 1.51 bits per heavy atom. The van der Waals surface area contributed by atoms with Gasteiger partial charge in [-0.15, -0.1) is 0 Å². The van der Waals surface area contributed by atoms with E-state index in [1.807, 2.05) is 39.0 Å². The van der Waals surface area contributed by atoms with Crippen molar-refractivity contribution in [3.05, 3.63) is 77.5 Å². The first kappa shape index (κ1) is 24.4. The molecule has 0 aliphatic heterocycles. The van der Waals surface area contributed by atoms with Gasteiger partial charge in [0.2, 0.25) is 11.8 Å². The van der Waals surface area contributed by atoms with E-state index in [-0.39, 0.29) is 23.6 Å². The lowest BCUT2D eigenvalue weighted by Crippen LogP contribution is -2.22. The smallest absolute Gasteiger partial charge is 0.225 e. The second-order valence-electron chi connectivity index (χ2n) is 9.02. The maximum atomic E-state index is 13.7. The molecule has 0 unspecified atom stereocenters. The zero-order valence-corrected chi connectivity index (χ0v) is 20.3. The highest BCUT2D eigenvalue weighted by atomic mass is 19.1. The largest absolute Gasteiger partial charge is 0.493 e. The van der Waals surface area contributed by atoms with E-state index >= 15 is 0 Å². The van der Waals surface area contributed by atoms with E-state index in [0.717, 1.165) is 17.7 Å². The van der Waals surface area contributed by atoms with Crippen molar-refractivity contribution in [3.63, 3.8) is 0 Å². The third kappa shape index (κ3) is 5.51. The molecule has 0 spiro atoms. The van der Waals surface area contributed by atoms with Crippen molar-refractivity contribution in [2.24, 2.45) is 0 Å². The van der Waals surface area contributed by atoms with Crippen LogP contribution in [0.4, 0.5) is 20.5 Å². The molecule has 0 aliphatic carbocycles. The van der Waals surface area contributed by atoms with E-state index in [1.165, 1.54) is 24.3 Å². The molecule has 0 bridgehead atoms. The van der Waals surface area contributed by atoms with Crippen molar-refractivity contribution >= 4 is 22.7 Å². The molecule has 0 fully saturated rings. The number of likely N-dealkylation sites (N-methyl/N-ethyl adjacent to an activating group) is 1. The number of benzene rings is 2. The van der Waals surface area contributed by atoms with Crippen LogP contribution in [0.1, 0.15) is 37.1 Å². The molecular weight excluding hydrogens is 450 g/mol. The SMILES string of the molecule is CC(C)n1cc2c(NC(c3ccc(F)cc3)c3ccc(F)cc3)nc(NCCN(C)C)nc2c1O. The highest BCUT2D eigenvalue weighted by Gasteiger charge is 2.22. The van der Waals surface area contributed by atoms with Gasteiger partial charge in [-0.1, -0.05) is 24.3 Å². The van der Waals surface area contributed by atoms with E-state index in [1.54, 1.807) is 28.8 Å². The summed E-state index contributed by atoms with van der Waals surface area (Å²) in [4.78, 5) is 11.3. The Hall–Kier alpha value is -3.72. The Bertz CT molecular complexity index is 1240. The fraction of sp³-hybridized carbons (Fsp3) is 0.308. The fourth-order valence-corrected chi connectivity index (χ4v) is 3.86. The molecule has 0 atom stereocenters. The van der Waals surface area contributed by atoms with Crippen molar-refractivity contribution in [2.45, 2.75) is 25.9 Å². The zero-order valence-electron chi connectivity index (χ0n) is 20.3. The average Bonchev–Trinajstić information content (AvgIpc) is 3.15. The lowest BCUT2D eigenvalue weighted by Gasteiger charge is -2.21. The summed E-state index contributed by atoms with van der Waals surface area (Å²) in [5.41, 5.74) is 1.97. The fourth-order valence-electron chi connectivity index (χ4n) is 3.86. The predicted octanol–water partition coefficient (Wildman–Crippen LogP) is 5.17. The van der Waals surface area contributed by atoms with Crippen LogP contribution in [0.5, 0.6) is 5.88 Å². The number of aromatic hydroxyl groups is 1. The molecule has 184 valence electrons. The monoisotopic (exact) mass is 480 g/mol. The van der Waals surface area contributed by atoms with Crippen molar-refractivity contribution < 1.29 is 13.9 Å². The maximum absolute atomic E-state index is 13.7. The van der Waals surface area contributed by atoms with Gasteiger partial charge in [0.25, 0.3) is 0 Å². The molecule has 2 aromatic heterocycles. The van der Waals surface area contributed by atoms with Gasteiger partial charge in [-0.25, -0.2) is 13.8 Å². The molecule has 4 rings (SSSR count). The number of fused-ring (bicyclic) bond motifs is 1. The van der Waals surface area contributed by atoms with Crippen LogP contribution >= 0.6 is 0 Å². The molecule has 0 saturated heterocycles. The van der Waals surface area contributed by atoms with Gasteiger partial charge in [0, 0.05) is 25.3 Å². The van der Waals surface area contributed by atoms with Crippen LogP contribution in [0.25, 0.3) is 10.9 Å². The van der Waals surface area contributed by atoms with Crippen LogP contribution in [0, 0.1) is 11.6 Å². The standard InChI is InChI=1S/C26H30F2N6O/c1-16(2)34-15-21-23(25(34)35)31-26(29-13-14-33(3)4)32-24(21)30-22(17-5-9-19(27)10-6-17)18-7-11-20(28)12-8-18/h5-12,15-16,22,35H,13-14H2,1-4H3,(H2,29,30,31,32). The Morgan fingerprint density at radius 1 is 0.943 bits per heavy atom. The van der Waals surface area contributed by atoms with Crippen molar-refractivity contribution in [2.75, 3.05) is 37.8 Å². The van der Waals surface area contributed by atoms with Gasteiger partial charge >= 0.3 is 0 Å². The summed E-state index contributed by atoms with van der Waals surface area (Å²) in [7, 11) is 3.95. The number of nitrogens with zero attached hydrogens (tertiary/aromatic N) is 4. The molecule has 2 heterocycles. The molecule has 35 heavy (non-hydrogen) atoms. The van der Waals surface area contributed by atoms with Crippen molar-refractivity contribution in [3.8, 4) is 5.88 Å². The molecular formula is C26H30F2N6O. The van der Waals surface area contributed by atoms with Crippen LogP contribution in [-0.2, 0) is 0 Å². The molecule has 0 aliphatic rings. The van der Waals surface area contributed by atoms with Gasteiger partial charge in [0.05, 0.1) is 11.4 Å². The summed E-state index contributed by atoms with van der Waals surface area (Å²) < 4.78 is 29.1. The van der Waals surface area contributed by atoms with Crippen LogP contribution in [-0.4, -0.2) is 51.7 Å². The number of aromatic nitrogens is 3. The van der Waals surface area contributed by atoms with Gasteiger partial charge in [0.15, 0.2) is 0 Å². The molecule has 7 nitrogen and oxygen atoms in total. The van der Waals surface area contributed by atoms with Crippen LogP contribution in [0.15, 0.2) is 54.7 Å². The Kier molecular flexibility index (Phi) is 7.16. The first-order chi connectivity index (χ1) is 16.7. The van der Waals surface area contributed by atoms with Gasteiger partial charge in [-0.05, 0) is 63.3 Å². The summed E-state index contributed by atoms with van der Waals surface area (Å²) in [6.45, 7) is 5.32. The molecule has 0 radical (unpaired) electrons. The molecule has 4 aromatic rings. The summed E-state index contributed by atoms with van der Waals surface area (Å²) in [5.74, 6) is 0.229. The average molecular weight is 481 g/mol. The lowest BCUT2D eigenvalue weighted by molar-refractivity contribution is 0.404. The summed E-state index contributed by atoms with van der Waals surface area (Å²) in [6, 6.07) is 11.8. The maximum Gasteiger partial charge on any atom is 0.225 e.